The Bertz CT molecular complexity index is 1140. The SMILES string of the molecule is O=C(CO)N1CCC(c2[nH]nc(-c3ccc(Cl)cc3)c2-c2ccnc(O[C@@H]3CCOC3)n2)CC1. The lowest BCUT2D eigenvalue weighted by Crippen LogP contribution is -2.39. The van der Waals surface area contributed by atoms with Gasteiger partial charge in [-0.3, -0.25) is 9.89 Å². The average molecular weight is 484 g/mol. The van der Waals surface area contributed by atoms with Crippen LogP contribution in [0.25, 0.3) is 22.5 Å². The Morgan fingerprint density at radius 2 is 2.00 bits per heavy atom. The van der Waals surface area contributed by atoms with Crippen molar-refractivity contribution in [1.82, 2.24) is 25.1 Å². The van der Waals surface area contributed by atoms with Gasteiger partial charge in [0.25, 0.3) is 0 Å². The highest BCUT2D eigenvalue weighted by molar-refractivity contribution is 6.30. The first-order chi connectivity index (χ1) is 16.6. The number of aliphatic hydroxyl groups is 1. The van der Waals surface area contributed by atoms with E-state index in [2.05, 4.69) is 15.2 Å². The molecule has 10 heteroatoms. The zero-order chi connectivity index (χ0) is 23.5. The van der Waals surface area contributed by atoms with E-state index in [1.54, 1.807) is 11.1 Å². The Labute approximate surface area is 202 Å². The smallest absolute Gasteiger partial charge is 0.317 e. The number of carbonyl (C=O) groups is 1. The molecule has 0 spiro atoms. The Balaban J connectivity index is 1.50. The number of hydrogen-bond acceptors (Lipinski definition) is 7. The van der Waals surface area contributed by atoms with Gasteiger partial charge in [-0.25, -0.2) is 4.98 Å². The number of halogens is 1. The van der Waals surface area contributed by atoms with E-state index in [0.717, 1.165) is 41.8 Å². The predicted octanol–water partition coefficient (Wildman–Crippen LogP) is 3.05. The van der Waals surface area contributed by atoms with Crippen molar-refractivity contribution in [2.45, 2.75) is 31.3 Å². The molecule has 178 valence electrons. The molecule has 5 rings (SSSR count). The number of piperidine rings is 1. The van der Waals surface area contributed by atoms with Crippen molar-refractivity contribution in [2.24, 2.45) is 0 Å². The number of likely N-dealkylation sites (tertiary alicyclic amines) is 1. The van der Waals surface area contributed by atoms with Gasteiger partial charge in [0, 0.05) is 53.5 Å². The van der Waals surface area contributed by atoms with E-state index in [9.17, 15) is 9.90 Å². The molecule has 4 heterocycles. The molecule has 0 saturated carbocycles. The quantitative estimate of drug-likeness (QED) is 0.554. The zero-order valence-electron chi connectivity index (χ0n) is 18.6. The minimum absolute atomic E-state index is 0.0526. The fourth-order valence-corrected chi connectivity index (χ4v) is 4.66. The van der Waals surface area contributed by atoms with Gasteiger partial charge in [0.1, 0.15) is 18.4 Å². The first-order valence-electron chi connectivity index (χ1n) is 11.4. The van der Waals surface area contributed by atoms with Crippen molar-refractivity contribution in [3.05, 3.63) is 47.2 Å². The predicted molar refractivity (Wildman–Crippen MR) is 126 cm³/mol. The number of amides is 1. The molecule has 2 aliphatic rings. The summed E-state index contributed by atoms with van der Waals surface area (Å²) in [6.07, 6.45) is 3.97. The summed E-state index contributed by atoms with van der Waals surface area (Å²) >= 11 is 6.11. The number of aromatic amines is 1. The van der Waals surface area contributed by atoms with E-state index in [-0.39, 0.29) is 17.9 Å². The monoisotopic (exact) mass is 483 g/mol. The minimum atomic E-state index is -0.462. The van der Waals surface area contributed by atoms with Gasteiger partial charge in [0.15, 0.2) is 0 Å². The fraction of sp³-hybridized carbons (Fsp3) is 0.417. The normalized spacial score (nSPS) is 18.9. The minimum Gasteiger partial charge on any atom is -0.458 e. The molecule has 1 aromatic carbocycles. The molecule has 1 atom stereocenters. The van der Waals surface area contributed by atoms with E-state index < -0.39 is 6.61 Å². The first kappa shape index (κ1) is 22.8. The van der Waals surface area contributed by atoms with Gasteiger partial charge in [0.05, 0.1) is 18.9 Å². The highest BCUT2D eigenvalue weighted by Gasteiger charge is 2.29. The van der Waals surface area contributed by atoms with Crippen molar-refractivity contribution in [2.75, 3.05) is 32.9 Å². The average Bonchev–Trinajstić information content (AvgIpc) is 3.54. The number of benzene rings is 1. The van der Waals surface area contributed by atoms with E-state index in [0.29, 0.717) is 43.0 Å². The molecular formula is C24H26ClN5O4. The number of ether oxygens (including phenoxy) is 2. The number of hydrogen-bond donors (Lipinski definition) is 2. The number of rotatable bonds is 6. The standard InChI is InChI=1S/C24H26ClN5O4/c25-17-3-1-15(2-4-17)22-21(19-5-9-26-24(27-19)34-18-8-12-33-14-18)23(29-28-22)16-6-10-30(11-7-16)20(32)13-31/h1-5,9,16,18,31H,6-8,10-14H2,(H,28,29)/t18-/m1/s1. The molecule has 0 bridgehead atoms. The van der Waals surface area contributed by atoms with Gasteiger partial charge >= 0.3 is 6.01 Å². The van der Waals surface area contributed by atoms with Crippen LogP contribution in [0.5, 0.6) is 6.01 Å². The maximum Gasteiger partial charge on any atom is 0.317 e. The molecule has 2 aliphatic heterocycles. The number of nitrogens with one attached hydrogen (secondary N) is 1. The molecule has 2 fully saturated rings. The van der Waals surface area contributed by atoms with Gasteiger partial charge in [-0.1, -0.05) is 23.7 Å². The lowest BCUT2D eigenvalue weighted by Gasteiger charge is -2.31. The van der Waals surface area contributed by atoms with Gasteiger partial charge in [-0.05, 0) is 31.0 Å². The number of carbonyl (C=O) groups excluding carboxylic acids is 1. The molecule has 34 heavy (non-hydrogen) atoms. The number of nitrogens with zero attached hydrogens (tertiary/aromatic N) is 4. The topological polar surface area (TPSA) is 113 Å². The van der Waals surface area contributed by atoms with E-state index in [1.165, 1.54) is 0 Å². The summed E-state index contributed by atoms with van der Waals surface area (Å²) in [5.74, 6) is -0.0764. The maximum atomic E-state index is 11.9. The Morgan fingerprint density at radius 1 is 1.21 bits per heavy atom. The molecule has 2 N–H and O–H groups in total. The van der Waals surface area contributed by atoms with Gasteiger partial charge < -0.3 is 19.5 Å². The van der Waals surface area contributed by atoms with Crippen LogP contribution < -0.4 is 4.74 Å². The largest absolute Gasteiger partial charge is 0.458 e. The second-order valence-corrected chi connectivity index (χ2v) is 8.95. The van der Waals surface area contributed by atoms with Crippen molar-refractivity contribution < 1.29 is 19.4 Å². The summed E-state index contributed by atoms with van der Waals surface area (Å²) in [5.41, 5.74) is 4.26. The summed E-state index contributed by atoms with van der Waals surface area (Å²) in [6.45, 7) is 1.91. The van der Waals surface area contributed by atoms with Crippen LogP contribution >= 0.6 is 11.6 Å². The molecular weight excluding hydrogens is 458 g/mol. The number of aromatic nitrogens is 4. The number of H-pyrrole nitrogens is 1. The van der Waals surface area contributed by atoms with Crippen LogP contribution in [-0.4, -0.2) is 75.1 Å². The van der Waals surface area contributed by atoms with Crippen LogP contribution in [0.4, 0.5) is 0 Å². The summed E-state index contributed by atoms with van der Waals surface area (Å²) in [5, 5.41) is 17.8. The second kappa shape index (κ2) is 10.1. The van der Waals surface area contributed by atoms with Crippen LogP contribution in [0.1, 0.15) is 30.9 Å². The fourth-order valence-electron chi connectivity index (χ4n) is 4.54. The van der Waals surface area contributed by atoms with E-state index >= 15 is 0 Å². The Kier molecular flexibility index (Phi) is 6.75. The van der Waals surface area contributed by atoms with Crippen LogP contribution in [0.2, 0.25) is 5.02 Å². The van der Waals surface area contributed by atoms with Crippen LogP contribution in [0.3, 0.4) is 0 Å². The third kappa shape index (κ3) is 4.77. The third-order valence-corrected chi connectivity index (χ3v) is 6.60. The zero-order valence-corrected chi connectivity index (χ0v) is 19.4. The first-order valence-corrected chi connectivity index (χ1v) is 11.8. The van der Waals surface area contributed by atoms with Crippen LogP contribution in [0, 0.1) is 0 Å². The van der Waals surface area contributed by atoms with Crippen molar-refractivity contribution in [3.63, 3.8) is 0 Å². The lowest BCUT2D eigenvalue weighted by molar-refractivity contribution is -0.135. The maximum absolute atomic E-state index is 11.9. The molecule has 0 aliphatic carbocycles. The molecule has 2 saturated heterocycles. The molecule has 1 amide bonds. The summed E-state index contributed by atoms with van der Waals surface area (Å²) in [4.78, 5) is 22.6. The second-order valence-electron chi connectivity index (χ2n) is 8.51. The van der Waals surface area contributed by atoms with Crippen molar-refractivity contribution in [1.29, 1.82) is 0 Å². The molecule has 0 radical (unpaired) electrons. The summed E-state index contributed by atoms with van der Waals surface area (Å²) in [6, 6.07) is 9.71. The third-order valence-electron chi connectivity index (χ3n) is 6.35. The molecule has 3 aromatic rings. The molecule has 0 unspecified atom stereocenters. The van der Waals surface area contributed by atoms with Gasteiger partial charge in [-0.15, -0.1) is 0 Å². The van der Waals surface area contributed by atoms with E-state index in [1.807, 2.05) is 30.3 Å². The summed E-state index contributed by atoms with van der Waals surface area (Å²) in [7, 11) is 0. The van der Waals surface area contributed by atoms with Gasteiger partial charge in [0.2, 0.25) is 5.91 Å². The Morgan fingerprint density at radius 3 is 2.71 bits per heavy atom. The highest BCUT2D eigenvalue weighted by Crippen LogP contribution is 2.39. The van der Waals surface area contributed by atoms with Crippen molar-refractivity contribution in [3.8, 4) is 28.5 Å². The van der Waals surface area contributed by atoms with E-state index in [4.69, 9.17) is 26.1 Å². The van der Waals surface area contributed by atoms with Crippen LogP contribution in [-0.2, 0) is 9.53 Å². The Hall–Kier alpha value is -3.01. The highest BCUT2D eigenvalue weighted by atomic mass is 35.5. The lowest BCUT2D eigenvalue weighted by atomic mass is 9.89. The number of aliphatic hydroxyl groups excluding tert-OH is 1. The summed E-state index contributed by atoms with van der Waals surface area (Å²) < 4.78 is 11.4. The molecule has 2 aromatic heterocycles. The van der Waals surface area contributed by atoms with Gasteiger partial charge in [-0.2, -0.15) is 10.1 Å². The molecule has 9 nitrogen and oxygen atoms in total. The van der Waals surface area contributed by atoms with Crippen LogP contribution in [0.15, 0.2) is 36.5 Å². The van der Waals surface area contributed by atoms with Crippen molar-refractivity contribution >= 4 is 17.5 Å².